The van der Waals surface area contributed by atoms with E-state index >= 15 is 0 Å². The minimum atomic E-state index is -0.639. The van der Waals surface area contributed by atoms with Crippen LogP contribution in [0, 0.1) is 5.92 Å². The minimum absolute atomic E-state index is 0.0232. The summed E-state index contributed by atoms with van der Waals surface area (Å²) in [4.78, 5) is 32.6. The third-order valence-corrected chi connectivity index (χ3v) is 6.57. The number of fused-ring (bicyclic) bond motifs is 1. The molecular weight excluding hydrogens is 446 g/mol. The van der Waals surface area contributed by atoms with E-state index in [0.717, 1.165) is 23.0 Å². The number of aliphatic imine (C=N–C) groups is 1. The molecule has 1 fully saturated rings. The summed E-state index contributed by atoms with van der Waals surface area (Å²) < 4.78 is 5.74. The lowest BCUT2D eigenvalue weighted by atomic mass is 9.93. The number of esters is 1. The Morgan fingerprint density at radius 1 is 1.25 bits per heavy atom. The molecule has 32 heavy (non-hydrogen) atoms. The molecule has 1 N–H and O–H groups in total. The first-order chi connectivity index (χ1) is 15.1. The third-order valence-electron chi connectivity index (χ3n) is 5.43. The highest BCUT2D eigenvalue weighted by Gasteiger charge is 2.41. The van der Waals surface area contributed by atoms with Crippen molar-refractivity contribution in [1.82, 2.24) is 10.2 Å². The molecule has 2 heterocycles. The number of benzene rings is 1. The number of nitrogens with zero attached hydrogens (tertiary/aromatic N) is 2. The summed E-state index contributed by atoms with van der Waals surface area (Å²) >= 11 is 7.60. The lowest BCUT2D eigenvalue weighted by Crippen LogP contribution is -2.39. The number of amides is 1. The van der Waals surface area contributed by atoms with Crippen molar-refractivity contribution in [2.24, 2.45) is 10.9 Å². The van der Waals surface area contributed by atoms with Crippen molar-refractivity contribution in [1.29, 1.82) is 0 Å². The Morgan fingerprint density at radius 3 is 2.56 bits per heavy atom. The molecule has 170 valence electrons. The molecule has 0 spiro atoms. The first-order valence-electron chi connectivity index (χ1n) is 10.8. The van der Waals surface area contributed by atoms with E-state index in [-0.39, 0.29) is 12.3 Å². The Kier molecular flexibility index (Phi) is 6.41. The van der Waals surface area contributed by atoms with Crippen LogP contribution < -0.4 is 5.32 Å². The molecule has 6 nitrogen and oxygen atoms in total. The molecule has 8 heteroatoms. The number of halogens is 1. The molecule has 1 aromatic carbocycles. The van der Waals surface area contributed by atoms with E-state index in [1.165, 1.54) is 24.6 Å². The van der Waals surface area contributed by atoms with E-state index in [1.807, 2.05) is 50.1 Å². The van der Waals surface area contributed by atoms with Gasteiger partial charge < -0.3 is 15.0 Å². The van der Waals surface area contributed by atoms with Crippen LogP contribution in [-0.2, 0) is 14.3 Å². The van der Waals surface area contributed by atoms with Crippen LogP contribution in [0.2, 0.25) is 5.02 Å². The van der Waals surface area contributed by atoms with Crippen LogP contribution >= 0.6 is 23.4 Å². The van der Waals surface area contributed by atoms with E-state index < -0.39 is 17.6 Å². The predicted molar refractivity (Wildman–Crippen MR) is 128 cm³/mol. The number of carbonyl (C=O) groups excluding carboxylic acids is 2. The SMILES string of the molecule is CC1=C(C(=O)OC(C)(C)C)[C@@H](c2ccc(Cl)cc2)N2C(CC(=O)NCC3CC3)=CSC2=N1. The highest BCUT2D eigenvalue weighted by Crippen LogP contribution is 2.45. The lowest BCUT2D eigenvalue weighted by Gasteiger charge is -2.37. The van der Waals surface area contributed by atoms with Crippen LogP contribution in [0.25, 0.3) is 0 Å². The van der Waals surface area contributed by atoms with Gasteiger partial charge in [-0.05, 0) is 69.6 Å². The molecule has 1 amide bonds. The third kappa shape index (κ3) is 5.21. The summed E-state index contributed by atoms with van der Waals surface area (Å²) in [5, 5.41) is 6.34. The van der Waals surface area contributed by atoms with Crippen LogP contribution in [0.5, 0.6) is 0 Å². The van der Waals surface area contributed by atoms with Gasteiger partial charge in [0.15, 0.2) is 5.17 Å². The van der Waals surface area contributed by atoms with Gasteiger partial charge in [-0.25, -0.2) is 9.79 Å². The number of thioether (sulfide) groups is 1. The summed E-state index contributed by atoms with van der Waals surface area (Å²) in [6.07, 6.45) is 2.59. The topological polar surface area (TPSA) is 71.0 Å². The summed E-state index contributed by atoms with van der Waals surface area (Å²) in [6, 6.07) is 6.97. The molecule has 2 aliphatic heterocycles. The van der Waals surface area contributed by atoms with Gasteiger partial charge in [0.2, 0.25) is 5.91 Å². The number of nitrogens with one attached hydrogen (secondary N) is 1. The summed E-state index contributed by atoms with van der Waals surface area (Å²) in [7, 11) is 0. The Bertz CT molecular complexity index is 1020. The Balaban J connectivity index is 1.67. The second kappa shape index (κ2) is 8.94. The van der Waals surface area contributed by atoms with Crippen LogP contribution in [0.4, 0.5) is 0 Å². The van der Waals surface area contributed by atoms with Crippen molar-refractivity contribution < 1.29 is 14.3 Å². The van der Waals surface area contributed by atoms with Crippen LogP contribution in [-0.4, -0.2) is 34.1 Å². The molecule has 0 bridgehead atoms. The molecular formula is C24H28ClN3O3S. The Labute approximate surface area is 198 Å². The fraction of sp³-hybridized carbons (Fsp3) is 0.458. The van der Waals surface area contributed by atoms with Crippen molar-refractivity contribution in [2.75, 3.05) is 6.54 Å². The van der Waals surface area contributed by atoms with Crippen molar-refractivity contribution in [3.8, 4) is 0 Å². The summed E-state index contributed by atoms with van der Waals surface area (Å²) in [5.74, 6) is 0.182. The van der Waals surface area contributed by atoms with Crippen molar-refractivity contribution in [3.63, 3.8) is 0 Å². The largest absolute Gasteiger partial charge is 0.456 e. The average molecular weight is 474 g/mol. The van der Waals surface area contributed by atoms with Gasteiger partial charge in [0, 0.05) is 17.3 Å². The number of amidine groups is 1. The number of hydrogen-bond acceptors (Lipinski definition) is 6. The fourth-order valence-electron chi connectivity index (χ4n) is 3.73. The first-order valence-corrected chi connectivity index (χ1v) is 12.1. The zero-order chi connectivity index (χ0) is 23.0. The molecule has 1 aromatic rings. The second-order valence-electron chi connectivity index (χ2n) is 9.37. The number of ether oxygens (including phenoxy) is 1. The van der Waals surface area contributed by atoms with Gasteiger partial charge in [-0.15, -0.1) is 0 Å². The molecule has 0 unspecified atom stereocenters. The van der Waals surface area contributed by atoms with Gasteiger partial charge >= 0.3 is 5.97 Å². The number of hydrogen-bond donors (Lipinski definition) is 1. The van der Waals surface area contributed by atoms with Gasteiger partial charge in [0.1, 0.15) is 5.60 Å². The molecule has 0 radical (unpaired) electrons. The summed E-state index contributed by atoms with van der Waals surface area (Å²) in [5.41, 5.74) is 2.15. The molecule has 4 rings (SSSR count). The molecule has 0 aromatic heterocycles. The maximum absolute atomic E-state index is 13.3. The molecule has 1 saturated carbocycles. The monoisotopic (exact) mass is 473 g/mol. The standard InChI is InChI=1S/C24H28ClN3O3S/c1-14-20(22(30)31-24(2,3)4)21(16-7-9-17(25)10-8-16)28-18(13-32-23(28)27-14)11-19(29)26-12-15-5-6-15/h7-10,13,15,21H,5-6,11-12H2,1-4H3,(H,26,29)/t21-/m1/s1. The van der Waals surface area contributed by atoms with E-state index in [2.05, 4.69) is 10.3 Å². The smallest absolute Gasteiger partial charge is 0.338 e. The second-order valence-corrected chi connectivity index (χ2v) is 10.6. The zero-order valence-corrected chi connectivity index (χ0v) is 20.3. The van der Waals surface area contributed by atoms with Gasteiger partial charge in [0.05, 0.1) is 23.7 Å². The zero-order valence-electron chi connectivity index (χ0n) is 18.8. The maximum Gasteiger partial charge on any atom is 0.338 e. The van der Waals surface area contributed by atoms with Crippen LogP contribution in [0.3, 0.4) is 0 Å². The number of allylic oxidation sites excluding steroid dienone is 1. The highest BCUT2D eigenvalue weighted by atomic mass is 35.5. The minimum Gasteiger partial charge on any atom is -0.456 e. The van der Waals surface area contributed by atoms with Gasteiger partial charge in [-0.1, -0.05) is 35.5 Å². The quantitative estimate of drug-likeness (QED) is 0.577. The number of carbonyl (C=O) groups is 2. The molecule has 3 aliphatic rings. The maximum atomic E-state index is 13.3. The van der Waals surface area contributed by atoms with Crippen LogP contribution in [0.15, 0.2) is 51.6 Å². The first kappa shape index (κ1) is 22.9. The van der Waals surface area contributed by atoms with Crippen LogP contribution in [0.1, 0.15) is 58.6 Å². The molecule has 0 saturated heterocycles. The normalized spacial score (nSPS) is 20.5. The van der Waals surface area contributed by atoms with Crippen molar-refractivity contribution in [3.05, 3.63) is 57.2 Å². The highest BCUT2D eigenvalue weighted by molar-refractivity contribution is 8.16. The molecule has 1 aliphatic carbocycles. The van der Waals surface area contributed by atoms with E-state index in [1.54, 1.807) is 12.1 Å². The van der Waals surface area contributed by atoms with Gasteiger partial charge in [-0.3, -0.25) is 4.79 Å². The van der Waals surface area contributed by atoms with E-state index in [4.69, 9.17) is 16.3 Å². The average Bonchev–Trinajstić information content (AvgIpc) is 3.46. The summed E-state index contributed by atoms with van der Waals surface area (Å²) in [6.45, 7) is 8.08. The van der Waals surface area contributed by atoms with Crippen molar-refractivity contribution >= 4 is 40.4 Å². The lowest BCUT2D eigenvalue weighted by molar-refractivity contribution is -0.150. The fourth-order valence-corrected chi connectivity index (χ4v) is 4.82. The van der Waals surface area contributed by atoms with E-state index in [0.29, 0.717) is 22.2 Å². The Hall–Kier alpha value is -2.25. The Morgan fingerprint density at radius 2 is 1.94 bits per heavy atom. The van der Waals surface area contributed by atoms with Gasteiger partial charge in [-0.2, -0.15) is 0 Å². The van der Waals surface area contributed by atoms with Gasteiger partial charge in [0.25, 0.3) is 0 Å². The molecule has 1 atom stereocenters. The predicted octanol–water partition coefficient (Wildman–Crippen LogP) is 5.17. The van der Waals surface area contributed by atoms with E-state index in [9.17, 15) is 9.59 Å². The van der Waals surface area contributed by atoms with Crippen molar-refractivity contribution in [2.45, 2.75) is 58.6 Å². The number of rotatable bonds is 6.